The SMILES string of the molecule is O=C(c1ccc(-c2noc(C3CC3)n2)cc1)N1CCc2oc(C3CCOC3)nc2C1. The van der Waals surface area contributed by atoms with Gasteiger partial charge in [-0.3, -0.25) is 4.79 Å². The van der Waals surface area contributed by atoms with Crippen molar-refractivity contribution in [2.45, 2.75) is 44.1 Å². The molecule has 0 N–H and O–H groups in total. The molecule has 3 aromatic rings. The average Bonchev–Trinajstić information content (AvgIpc) is 3.19. The molecular formula is C22H22N4O4. The van der Waals surface area contributed by atoms with Gasteiger partial charge in [-0.05, 0) is 31.4 Å². The fourth-order valence-electron chi connectivity index (χ4n) is 4.09. The van der Waals surface area contributed by atoms with Gasteiger partial charge in [0.05, 0.1) is 19.1 Å². The molecule has 0 spiro atoms. The first kappa shape index (κ1) is 17.8. The van der Waals surface area contributed by atoms with Crippen LogP contribution in [0.3, 0.4) is 0 Å². The average molecular weight is 406 g/mol. The normalized spacial score (nSPS) is 21.1. The highest BCUT2D eigenvalue weighted by molar-refractivity contribution is 5.94. The van der Waals surface area contributed by atoms with E-state index in [0.717, 1.165) is 48.8 Å². The van der Waals surface area contributed by atoms with Crippen molar-refractivity contribution in [3.8, 4) is 11.4 Å². The van der Waals surface area contributed by atoms with E-state index in [1.165, 1.54) is 0 Å². The molecule has 1 atom stereocenters. The molecule has 1 aromatic carbocycles. The van der Waals surface area contributed by atoms with E-state index in [9.17, 15) is 4.79 Å². The first-order valence-electron chi connectivity index (χ1n) is 10.5. The molecule has 1 amide bonds. The fraction of sp³-hybridized carbons (Fsp3) is 0.455. The summed E-state index contributed by atoms with van der Waals surface area (Å²) in [5.41, 5.74) is 2.36. The number of nitrogens with zero attached hydrogens (tertiary/aromatic N) is 4. The number of ether oxygens (including phenoxy) is 1. The molecule has 0 bridgehead atoms. The van der Waals surface area contributed by atoms with Gasteiger partial charge in [-0.25, -0.2) is 4.98 Å². The molecule has 0 radical (unpaired) electrons. The molecule has 3 aliphatic rings. The van der Waals surface area contributed by atoms with Crippen molar-refractivity contribution < 1.29 is 18.5 Å². The zero-order chi connectivity index (χ0) is 20.1. The van der Waals surface area contributed by atoms with E-state index in [4.69, 9.17) is 13.7 Å². The Hall–Kier alpha value is -3.00. The summed E-state index contributed by atoms with van der Waals surface area (Å²) in [6.07, 6.45) is 3.87. The summed E-state index contributed by atoms with van der Waals surface area (Å²) in [6, 6.07) is 7.39. The summed E-state index contributed by atoms with van der Waals surface area (Å²) in [6.45, 7) is 2.52. The summed E-state index contributed by atoms with van der Waals surface area (Å²) < 4.78 is 16.7. The van der Waals surface area contributed by atoms with Gasteiger partial charge in [-0.15, -0.1) is 0 Å². The minimum Gasteiger partial charge on any atom is -0.445 e. The first-order chi connectivity index (χ1) is 14.7. The first-order valence-corrected chi connectivity index (χ1v) is 10.5. The molecule has 1 saturated carbocycles. The van der Waals surface area contributed by atoms with Crippen LogP contribution in [-0.4, -0.2) is 45.7 Å². The second-order valence-electron chi connectivity index (χ2n) is 8.27. The Kier molecular flexibility index (Phi) is 4.19. The van der Waals surface area contributed by atoms with Gasteiger partial charge in [-0.1, -0.05) is 17.3 Å². The number of hydrogen-bond acceptors (Lipinski definition) is 7. The van der Waals surface area contributed by atoms with Crippen molar-refractivity contribution in [2.75, 3.05) is 19.8 Å². The van der Waals surface area contributed by atoms with Gasteiger partial charge in [0.15, 0.2) is 5.89 Å². The summed E-state index contributed by atoms with van der Waals surface area (Å²) in [4.78, 5) is 24.0. The predicted molar refractivity (Wildman–Crippen MR) is 105 cm³/mol. The molecule has 2 aliphatic heterocycles. The molecule has 1 unspecified atom stereocenters. The van der Waals surface area contributed by atoms with E-state index < -0.39 is 0 Å². The van der Waals surface area contributed by atoms with Crippen molar-refractivity contribution in [3.05, 3.63) is 53.1 Å². The number of rotatable bonds is 4. The number of oxazole rings is 1. The lowest BCUT2D eigenvalue weighted by atomic mass is 10.1. The third-order valence-electron chi connectivity index (χ3n) is 6.07. The summed E-state index contributed by atoms with van der Waals surface area (Å²) in [5, 5.41) is 4.06. The number of hydrogen-bond donors (Lipinski definition) is 0. The smallest absolute Gasteiger partial charge is 0.254 e. The van der Waals surface area contributed by atoms with Gasteiger partial charge >= 0.3 is 0 Å². The van der Waals surface area contributed by atoms with E-state index in [1.807, 2.05) is 29.2 Å². The maximum Gasteiger partial charge on any atom is 0.254 e. The third kappa shape index (κ3) is 3.21. The Bertz CT molecular complexity index is 1080. The van der Waals surface area contributed by atoms with Gasteiger partial charge in [-0.2, -0.15) is 4.98 Å². The largest absolute Gasteiger partial charge is 0.445 e. The quantitative estimate of drug-likeness (QED) is 0.656. The second kappa shape index (κ2) is 7.05. The van der Waals surface area contributed by atoms with E-state index in [0.29, 0.717) is 49.3 Å². The molecule has 2 aromatic heterocycles. The standard InChI is InChI=1S/C22H22N4O4/c27-22(15-5-1-13(2-6-15)19-24-21(30-25-19)14-3-4-14)26-9-7-18-17(11-26)23-20(29-18)16-8-10-28-12-16/h1-2,5-6,14,16H,3-4,7-12H2. The van der Waals surface area contributed by atoms with Crippen LogP contribution in [0, 0.1) is 0 Å². The maximum absolute atomic E-state index is 13.0. The maximum atomic E-state index is 13.0. The van der Waals surface area contributed by atoms with Crippen molar-refractivity contribution >= 4 is 5.91 Å². The predicted octanol–water partition coefficient (Wildman–Crippen LogP) is 3.30. The Morgan fingerprint density at radius 3 is 2.67 bits per heavy atom. The fourth-order valence-corrected chi connectivity index (χ4v) is 4.09. The molecule has 2 fully saturated rings. The zero-order valence-electron chi connectivity index (χ0n) is 16.5. The number of benzene rings is 1. The highest BCUT2D eigenvalue weighted by Gasteiger charge is 2.31. The highest BCUT2D eigenvalue weighted by Crippen LogP contribution is 2.39. The van der Waals surface area contributed by atoms with Gasteiger partial charge in [0.2, 0.25) is 11.7 Å². The number of amides is 1. The Morgan fingerprint density at radius 1 is 1.03 bits per heavy atom. The van der Waals surface area contributed by atoms with E-state index >= 15 is 0 Å². The van der Waals surface area contributed by atoms with Crippen LogP contribution in [0.2, 0.25) is 0 Å². The number of fused-ring (bicyclic) bond motifs is 1. The van der Waals surface area contributed by atoms with Crippen LogP contribution in [-0.2, 0) is 17.7 Å². The zero-order valence-corrected chi connectivity index (χ0v) is 16.5. The third-order valence-corrected chi connectivity index (χ3v) is 6.07. The van der Waals surface area contributed by atoms with Crippen LogP contribution in [0.1, 0.15) is 64.7 Å². The lowest BCUT2D eigenvalue weighted by Gasteiger charge is -2.25. The monoisotopic (exact) mass is 406 g/mol. The van der Waals surface area contributed by atoms with Crippen molar-refractivity contribution in [2.24, 2.45) is 0 Å². The number of aromatic nitrogens is 3. The van der Waals surface area contributed by atoms with Crippen LogP contribution < -0.4 is 0 Å². The van der Waals surface area contributed by atoms with Gasteiger partial charge < -0.3 is 18.6 Å². The molecular weight excluding hydrogens is 384 g/mol. The molecule has 4 heterocycles. The molecule has 154 valence electrons. The van der Waals surface area contributed by atoms with Crippen molar-refractivity contribution in [1.29, 1.82) is 0 Å². The topological polar surface area (TPSA) is 94.5 Å². The molecule has 8 nitrogen and oxygen atoms in total. The van der Waals surface area contributed by atoms with Crippen LogP contribution in [0.25, 0.3) is 11.4 Å². The van der Waals surface area contributed by atoms with Crippen LogP contribution in [0.5, 0.6) is 0 Å². The van der Waals surface area contributed by atoms with Gasteiger partial charge in [0.1, 0.15) is 11.5 Å². The summed E-state index contributed by atoms with van der Waals surface area (Å²) in [7, 11) is 0. The van der Waals surface area contributed by atoms with Crippen LogP contribution in [0.4, 0.5) is 0 Å². The number of carbonyl (C=O) groups excluding carboxylic acids is 1. The Balaban J connectivity index is 1.16. The Morgan fingerprint density at radius 2 is 1.90 bits per heavy atom. The summed E-state index contributed by atoms with van der Waals surface area (Å²) >= 11 is 0. The molecule has 8 heteroatoms. The summed E-state index contributed by atoms with van der Waals surface area (Å²) in [5.74, 6) is 3.59. The Labute approximate surface area is 173 Å². The van der Waals surface area contributed by atoms with E-state index in [2.05, 4.69) is 15.1 Å². The highest BCUT2D eigenvalue weighted by atomic mass is 16.5. The lowest BCUT2D eigenvalue weighted by Crippen LogP contribution is -2.35. The van der Waals surface area contributed by atoms with Gasteiger partial charge in [0.25, 0.3) is 5.91 Å². The van der Waals surface area contributed by atoms with Crippen LogP contribution in [0.15, 0.2) is 33.2 Å². The number of carbonyl (C=O) groups is 1. The van der Waals surface area contributed by atoms with E-state index in [1.54, 1.807) is 0 Å². The molecule has 1 aliphatic carbocycles. The van der Waals surface area contributed by atoms with E-state index in [-0.39, 0.29) is 11.8 Å². The van der Waals surface area contributed by atoms with Crippen LogP contribution >= 0.6 is 0 Å². The van der Waals surface area contributed by atoms with Gasteiger partial charge in [0, 0.05) is 36.6 Å². The minimum atomic E-state index is -0.00673. The van der Waals surface area contributed by atoms with Crippen molar-refractivity contribution in [3.63, 3.8) is 0 Å². The van der Waals surface area contributed by atoms with Crippen molar-refractivity contribution in [1.82, 2.24) is 20.0 Å². The molecule has 6 rings (SSSR count). The lowest BCUT2D eigenvalue weighted by molar-refractivity contribution is 0.0728. The second-order valence-corrected chi connectivity index (χ2v) is 8.27. The molecule has 30 heavy (non-hydrogen) atoms. The minimum absolute atomic E-state index is 0.00673. The molecule has 1 saturated heterocycles.